The van der Waals surface area contributed by atoms with Gasteiger partial charge in [0.1, 0.15) is 0 Å². The Morgan fingerprint density at radius 2 is 1.57 bits per heavy atom. The topological polar surface area (TPSA) is 29.1 Å². The van der Waals surface area contributed by atoms with Crippen LogP contribution in [0.1, 0.15) is 76.7 Å². The van der Waals surface area contributed by atoms with Crippen molar-refractivity contribution in [2.24, 2.45) is 0 Å². The molecule has 0 fully saturated rings. The maximum absolute atomic E-state index is 12.2. The number of rotatable bonds is 11. The third-order valence-electron chi connectivity index (χ3n) is 4.01. The SMILES string of the molecule is CCCCCCCCCNC(=O)C(CC)c1ccccc1. The molecule has 0 radical (unpaired) electrons. The molecule has 1 unspecified atom stereocenters. The molecule has 1 rings (SSSR count). The molecule has 2 nitrogen and oxygen atoms in total. The summed E-state index contributed by atoms with van der Waals surface area (Å²) in [6.07, 6.45) is 9.83. The van der Waals surface area contributed by atoms with Gasteiger partial charge in [-0.15, -0.1) is 0 Å². The average Bonchev–Trinajstić information content (AvgIpc) is 2.52. The molecule has 21 heavy (non-hydrogen) atoms. The van der Waals surface area contributed by atoms with Crippen LogP contribution in [0.15, 0.2) is 30.3 Å². The van der Waals surface area contributed by atoms with Crippen molar-refractivity contribution >= 4 is 5.91 Å². The minimum Gasteiger partial charge on any atom is -0.356 e. The predicted octanol–water partition coefficient (Wildman–Crippen LogP) is 5.05. The largest absolute Gasteiger partial charge is 0.356 e. The van der Waals surface area contributed by atoms with Crippen molar-refractivity contribution in [3.8, 4) is 0 Å². The summed E-state index contributed by atoms with van der Waals surface area (Å²) >= 11 is 0. The molecule has 0 spiro atoms. The normalized spacial score (nSPS) is 12.1. The Labute approximate surface area is 130 Å². The van der Waals surface area contributed by atoms with Gasteiger partial charge in [0.2, 0.25) is 5.91 Å². The summed E-state index contributed by atoms with van der Waals surface area (Å²) in [7, 11) is 0. The zero-order valence-corrected chi connectivity index (χ0v) is 13.7. The molecule has 1 amide bonds. The van der Waals surface area contributed by atoms with Crippen LogP contribution in [0, 0.1) is 0 Å². The molecule has 0 heterocycles. The summed E-state index contributed by atoms with van der Waals surface area (Å²) < 4.78 is 0. The third-order valence-corrected chi connectivity index (χ3v) is 4.01. The lowest BCUT2D eigenvalue weighted by Gasteiger charge is -2.15. The fraction of sp³-hybridized carbons (Fsp3) is 0.632. The lowest BCUT2D eigenvalue weighted by molar-refractivity contribution is -0.122. The minimum absolute atomic E-state index is 0.00393. The van der Waals surface area contributed by atoms with Crippen molar-refractivity contribution in [2.45, 2.75) is 71.1 Å². The number of nitrogens with one attached hydrogen (secondary N) is 1. The molecule has 0 saturated heterocycles. The van der Waals surface area contributed by atoms with Crippen LogP contribution < -0.4 is 5.32 Å². The van der Waals surface area contributed by atoms with Crippen LogP contribution in [0.25, 0.3) is 0 Å². The first-order chi connectivity index (χ1) is 10.3. The van der Waals surface area contributed by atoms with Crippen LogP contribution in [-0.2, 0) is 4.79 Å². The quantitative estimate of drug-likeness (QED) is 0.568. The van der Waals surface area contributed by atoms with Gasteiger partial charge in [-0.25, -0.2) is 0 Å². The van der Waals surface area contributed by atoms with E-state index >= 15 is 0 Å². The number of carbonyl (C=O) groups is 1. The number of carbonyl (C=O) groups excluding carboxylic acids is 1. The van der Waals surface area contributed by atoms with Crippen molar-refractivity contribution < 1.29 is 4.79 Å². The van der Waals surface area contributed by atoms with Gasteiger partial charge in [-0.05, 0) is 18.4 Å². The number of benzene rings is 1. The summed E-state index contributed by atoms with van der Waals surface area (Å²) in [6.45, 7) is 5.13. The van der Waals surface area contributed by atoms with E-state index in [0.29, 0.717) is 0 Å². The third kappa shape index (κ3) is 7.31. The molecule has 118 valence electrons. The van der Waals surface area contributed by atoms with Gasteiger partial charge in [0.05, 0.1) is 5.92 Å². The van der Waals surface area contributed by atoms with Crippen molar-refractivity contribution in [3.63, 3.8) is 0 Å². The van der Waals surface area contributed by atoms with Crippen LogP contribution in [0.5, 0.6) is 0 Å². The molecular weight excluding hydrogens is 258 g/mol. The monoisotopic (exact) mass is 289 g/mol. The maximum Gasteiger partial charge on any atom is 0.227 e. The molecule has 2 heteroatoms. The number of hydrogen-bond acceptors (Lipinski definition) is 1. The van der Waals surface area contributed by atoms with Gasteiger partial charge in [-0.3, -0.25) is 4.79 Å². The van der Waals surface area contributed by atoms with E-state index in [1.807, 2.05) is 30.3 Å². The Bertz CT molecular complexity index is 374. The molecule has 0 bridgehead atoms. The van der Waals surface area contributed by atoms with Crippen LogP contribution in [-0.4, -0.2) is 12.5 Å². The average molecular weight is 289 g/mol. The highest BCUT2D eigenvalue weighted by atomic mass is 16.1. The molecule has 1 N–H and O–H groups in total. The second-order valence-electron chi connectivity index (χ2n) is 5.78. The fourth-order valence-corrected chi connectivity index (χ4v) is 2.67. The summed E-state index contributed by atoms with van der Waals surface area (Å²) in [6, 6.07) is 10.1. The van der Waals surface area contributed by atoms with E-state index in [1.54, 1.807) is 0 Å². The molecule has 0 aromatic heterocycles. The van der Waals surface area contributed by atoms with Crippen molar-refractivity contribution in [2.75, 3.05) is 6.54 Å². The second-order valence-corrected chi connectivity index (χ2v) is 5.78. The lowest BCUT2D eigenvalue weighted by Crippen LogP contribution is -2.29. The van der Waals surface area contributed by atoms with Gasteiger partial charge < -0.3 is 5.32 Å². The highest BCUT2D eigenvalue weighted by Gasteiger charge is 2.17. The zero-order valence-electron chi connectivity index (χ0n) is 13.7. The van der Waals surface area contributed by atoms with Crippen LogP contribution in [0.2, 0.25) is 0 Å². The first kappa shape index (κ1) is 17.7. The minimum atomic E-state index is -0.00393. The van der Waals surface area contributed by atoms with E-state index in [2.05, 4.69) is 19.2 Å². The van der Waals surface area contributed by atoms with Gasteiger partial charge in [0, 0.05) is 6.54 Å². The number of hydrogen-bond donors (Lipinski definition) is 1. The molecule has 1 aromatic rings. The first-order valence-electron chi connectivity index (χ1n) is 8.62. The van der Waals surface area contributed by atoms with Gasteiger partial charge >= 0.3 is 0 Å². The highest BCUT2D eigenvalue weighted by Crippen LogP contribution is 2.19. The molecular formula is C19H31NO. The van der Waals surface area contributed by atoms with E-state index in [4.69, 9.17) is 0 Å². The van der Waals surface area contributed by atoms with Crippen LogP contribution in [0.4, 0.5) is 0 Å². The summed E-state index contributed by atoms with van der Waals surface area (Å²) in [5.41, 5.74) is 1.12. The van der Waals surface area contributed by atoms with E-state index in [0.717, 1.165) is 24.9 Å². The number of unbranched alkanes of at least 4 members (excludes halogenated alkanes) is 6. The second kappa shape index (κ2) is 11.4. The predicted molar refractivity (Wildman–Crippen MR) is 90.5 cm³/mol. The smallest absolute Gasteiger partial charge is 0.227 e. The molecule has 1 aromatic carbocycles. The Kier molecular flexibility index (Phi) is 9.60. The van der Waals surface area contributed by atoms with Crippen LogP contribution >= 0.6 is 0 Å². The van der Waals surface area contributed by atoms with Gasteiger partial charge in [0.15, 0.2) is 0 Å². The number of amides is 1. The lowest BCUT2D eigenvalue weighted by atomic mass is 9.95. The fourth-order valence-electron chi connectivity index (χ4n) is 2.67. The Morgan fingerprint density at radius 3 is 2.19 bits per heavy atom. The Balaban J connectivity index is 2.17. The summed E-state index contributed by atoms with van der Waals surface area (Å²) in [5, 5.41) is 3.10. The van der Waals surface area contributed by atoms with Gasteiger partial charge in [-0.1, -0.05) is 82.7 Å². The highest BCUT2D eigenvalue weighted by molar-refractivity contribution is 5.83. The Morgan fingerprint density at radius 1 is 0.952 bits per heavy atom. The van der Waals surface area contributed by atoms with E-state index in [1.165, 1.54) is 38.5 Å². The van der Waals surface area contributed by atoms with Crippen molar-refractivity contribution in [1.29, 1.82) is 0 Å². The molecule has 1 atom stereocenters. The Hall–Kier alpha value is -1.31. The zero-order chi connectivity index (χ0) is 15.3. The van der Waals surface area contributed by atoms with Gasteiger partial charge in [-0.2, -0.15) is 0 Å². The molecule has 0 aliphatic heterocycles. The summed E-state index contributed by atoms with van der Waals surface area (Å²) in [4.78, 5) is 12.2. The van der Waals surface area contributed by atoms with Crippen molar-refractivity contribution in [3.05, 3.63) is 35.9 Å². The van der Waals surface area contributed by atoms with Crippen LogP contribution in [0.3, 0.4) is 0 Å². The molecule has 0 aliphatic carbocycles. The molecule has 0 aliphatic rings. The maximum atomic E-state index is 12.2. The standard InChI is InChI=1S/C19H31NO/c1-3-5-6-7-8-9-13-16-20-19(21)18(4-2)17-14-11-10-12-15-17/h10-12,14-15,18H,3-9,13,16H2,1-2H3,(H,20,21). The molecule has 0 saturated carbocycles. The first-order valence-corrected chi connectivity index (χ1v) is 8.62. The van der Waals surface area contributed by atoms with E-state index in [9.17, 15) is 4.79 Å². The van der Waals surface area contributed by atoms with Crippen molar-refractivity contribution in [1.82, 2.24) is 5.32 Å². The van der Waals surface area contributed by atoms with Gasteiger partial charge in [0.25, 0.3) is 0 Å². The van der Waals surface area contributed by atoms with E-state index in [-0.39, 0.29) is 11.8 Å². The summed E-state index contributed by atoms with van der Waals surface area (Å²) in [5.74, 6) is 0.172. The van der Waals surface area contributed by atoms with E-state index < -0.39 is 0 Å².